The second-order valence-electron chi connectivity index (χ2n) is 11.5. The van der Waals surface area contributed by atoms with Gasteiger partial charge in [-0.1, -0.05) is 48.9 Å². The van der Waals surface area contributed by atoms with Crippen molar-refractivity contribution < 1.29 is 13.2 Å². The van der Waals surface area contributed by atoms with Crippen LogP contribution in [0.4, 0.5) is 5.69 Å². The molecule has 4 aliphatic carbocycles. The number of aryl methyl sites for hydroxylation is 1. The fourth-order valence-electron chi connectivity index (χ4n) is 7.44. The molecule has 1 atom stereocenters. The highest BCUT2D eigenvalue weighted by Gasteiger charge is 2.51. The van der Waals surface area contributed by atoms with E-state index in [1.807, 2.05) is 50.2 Å². The molecule has 5 nitrogen and oxygen atoms in total. The molecule has 0 heterocycles. The summed E-state index contributed by atoms with van der Waals surface area (Å²) in [7, 11) is -3.61. The van der Waals surface area contributed by atoms with E-state index in [-0.39, 0.29) is 23.9 Å². The summed E-state index contributed by atoms with van der Waals surface area (Å²) >= 11 is 0. The van der Waals surface area contributed by atoms with Gasteiger partial charge in [-0.15, -0.1) is 0 Å². The second-order valence-corrected chi connectivity index (χ2v) is 13.4. The van der Waals surface area contributed by atoms with Crippen LogP contribution in [0.1, 0.15) is 74.6 Å². The van der Waals surface area contributed by atoms with Gasteiger partial charge in [0.05, 0.1) is 18.0 Å². The number of carbonyl (C=O) groups excluding carboxylic acids is 1. The zero-order valence-electron chi connectivity index (χ0n) is 21.2. The lowest BCUT2D eigenvalue weighted by atomic mass is 9.48. The van der Waals surface area contributed by atoms with Crippen LogP contribution in [0, 0.1) is 24.7 Å². The minimum Gasteiger partial charge on any atom is -0.348 e. The van der Waals surface area contributed by atoms with Crippen molar-refractivity contribution in [1.82, 2.24) is 5.32 Å². The maximum atomic E-state index is 13.0. The molecule has 6 rings (SSSR count). The first-order valence-electron chi connectivity index (χ1n) is 13.1. The minimum absolute atomic E-state index is 0.150. The number of carbonyl (C=O) groups is 1. The van der Waals surface area contributed by atoms with E-state index in [2.05, 4.69) is 17.4 Å². The number of hydrogen-bond acceptors (Lipinski definition) is 3. The smallest absolute Gasteiger partial charge is 0.241 e. The van der Waals surface area contributed by atoms with Gasteiger partial charge in [-0.25, -0.2) is 8.42 Å². The molecule has 2 aromatic carbocycles. The first-order valence-corrected chi connectivity index (χ1v) is 14.9. The van der Waals surface area contributed by atoms with Gasteiger partial charge in [0.1, 0.15) is 6.54 Å². The maximum Gasteiger partial charge on any atom is 0.241 e. The van der Waals surface area contributed by atoms with Gasteiger partial charge in [0.25, 0.3) is 0 Å². The first-order chi connectivity index (χ1) is 16.6. The average molecular weight is 495 g/mol. The first kappa shape index (κ1) is 24.4. The molecule has 4 aliphatic rings. The van der Waals surface area contributed by atoms with Gasteiger partial charge in [0.15, 0.2) is 0 Å². The number of anilines is 1. The molecule has 0 unspecified atom stereocenters. The maximum absolute atomic E-state index is 13.0. The highest BCUT2D eigenvalue weighted by Crippen LogP contribution is 2.60. The van der Waals surface area contributed by atoms with Crippen LogP contribution in [0.2, 0.25) is 0 Å². The van der Waals surface area contributed by atoms with E-state index in [4.69, 9.17) is 0 Å². The van der Waals surface area contributed by atoms with Crippen LogP contribution in [0.25, 0.3) is 0 Å². The lowest BCUT2D eigenvalue weighted by molar-refractivity contribution is -0.120. The molecule has 0 spiro atoms. The third-order valence-electron chi connectivity index (χ3n) is 8.72. The van der Waals surface area contributed by atoms with E-state index in [1.54, 1.807) is 0 Å². The molecule has 4 fully saturated rings. The number of sulfonamides is 1. The van der Waals surface area contributed by atoms with Gasteiger partial charge in [0, 0.05) is 0 Å². The molecule has 0 aliphatic heterocycles. The molecule has 4 saturated carbocycles. The Morgan fingerprint density at radius 2 is 1.51 bits per heavy atom. The van der Waals surface area contributed by atoms with Crippen molar-refractivity contribution in [2.24, 2.45) is 17.8 Å². The molecular formula is C29H38N2O3S. The summed E-state index contributed by atoms with van der Waals surface area (Å²) in [6.07, 6.45) is 9.91. The van der Waals surface area contributed by atoms with Gasteiger partial charge in [0.2, 0.25) is 15.9 Å². The molecule has 2 aromatic rings. The van der Waals surface area contributed by atoms with Crippen LogP contribution in [-0.4, -0.2) is 27.1 Å². The normalized spacial score (nSPS) is 28.0. The van der Waals surface area contributed by atoms with Crippen molar-refractivity contribution >= 4 is 21.6 Å². The quantitative estimate of drug-likeness (QED) is 0.527. The Morgan fingerprint density at radius 3 is 2.00 bits per heavy atom. The van der Waals surface area contributed by atoms with E-state index >= 15 is 0 Å². The Hall–Kier alpha value is -2.34. The standard InChI is InChI=1S/C29H38N2O3S/c1-4-27(24-7-5-20(2)6-8-24)30-28(32)19-31(35(3,33)34)26-11-9-25(10-12-26)29-16-21-13-22(17-29)15-23(14-21)18-29/h5-12,21-23,27H,4,13-19H2,1-3H3,(H,30,32)/t21?,22?,23?,27-,29?/m1/s1. The Bertz CT molecular complexity index is 1140. The van der Waals surface area contributed by atoms with Crippen LogP contribution in [0.3, 0.4) is 0 Å². The van der Waals surface area contributed by atoms with E-state index in [0.29, 0.717) is 5.69 Å². The predicted octanol–water partition coefficient (Wildman–Crippen LogP) is 5.50. The summed E-state index contributed by atoms with van der Waals surface area (Å²) in [4.78, 5) is 13.0. The number of nitrogens with one attached hydrogen (secondary N) is 1. The van der Waals surface area contributed by atoms with E-state index < -0.39 is 10.0 Å². The molecule has 4 bridgehead atoms. The number of rotatable bonds is 8. The Kier molecular flexibility index (Phi) is 6.45. The highest BCUT2D eigenvalue weighted by molar-refractivity contribution is 7.92. The summed E-state index contributed by atoms with van der Waals surface area (Å²) in [5, 5.41) is 3.03. The molecule has 188 valence electrons. The topological polar surface area (TPSA) is 66.5 Å². The van der Waals surface area contributed by atoms with Gasteiger partial charge in [-0.2, -0.15) is 0 Å². The summed E-state index contributed by atoms with van der Waals surface area (Å²) in [5.74, 6) is 2.28. The van der Waals surface area contributed by atoms with Crippen LogP contribution < -0.4 is 9.62 Å². The van der Waals surface area contributed by atoms with Crippen LogP contribution >= 0.6 is 0 Å². The zero-order chi connectivity index (χ0) is 24.8. The van der Waals surface area contributed by atoms with Crippen LogP contribution in [-0.2, 0) is 20.2 Å². The van der Waals surface area contributed by atoms with Crippen molar-refractivity contribution in [3.05, 3.63) is 65.2 Å². The molecule has 1 amide bonds. The monoisotopic (exact) mass is 494 g/mol. The number of hydrogen-bond donors (Lipinski definition) is 1. The number of amides is 1. The Balaban J connectivity index is 1.32. The predicted molar refractivity (Wildman–Crippen MR) is 141 cm³/mol. The molecule has 0 radical (unpaired) electrons. The van der Waals surface area contributed by atoms with Crippen LogP contribution in [0.15, 0.2) is 48.5 Å². The van der Waals surface area contributed by atoms with E-state index in [1.165, 1.54) is 54.6 Å². The zero-order valence-corrected chi connectivity index (χ0v) is 22.0. The van der Waals surface area contributed by atoms with E-state index in [0.717, 1.165) is 35.3 Å². The summed E-state index contributed by atoms with van der Waals surface area (Å²) < 4.78 is 26.6. The van der Waals surface area contributed by atoms with E-state index in [9.17, 15) is 13.2 Å². The van der Waals surface area contributed by atoms with Crippen LogP contribution in [0.5, 0.6) is 0 Å². The molecule has 35 heavy (non-hydrogen) atoms. The van der Waals surface area contributed by atoms with Crippen molar-refractivity contribution in [2.45, 2.75) is 70.3 Å². The summed E-state index contributed by atoms with van der Waals surface area (Å²) in [5.41, 5.74) is 4.36. The molecule has 0 aromatic heterocycles. The Labute approximate surface area is 210 Å². The average Bonchev–Trinajstić information content (AvgIpc) is 2.80. The van der Waals surface area contributed by atoms with Crippen molar-refractivity contribution in [3.63, 3.8) is 0 Å². The number of nitrogens with zero attached hydrogens (tertiary/aromatic N) is 1. The molecular weight excluding hydrogens is 456 g/mol. The van der Waals surface area contributed by atoms with Crippen molar-refractivity contribution in [1.29, 1.82) is 0 Å². The van der Waals surface area contributed by atoms with Crippen molar-refractivity contribution in [3.8, 4) is 0 Å². The Morgan fingerprint density at radius 1 is 0.971 bits per heavy atom. The minimum atomic E-state index is -3.61. The lowest BCUT2D eigenvalue weighted by Gasteiger charge is -2.57. The fraction of sp³-hybridized carbons (Fsp3) is 0.552. The summed E-state index contributed by atoms with van der Waals surface area (Å²) in [6, 6.07) is 16.0. The molecule has 0 saturated heterocycles. The molecule has 1 N–H and O–H groups in total. The summed E-state index contributed by atoms with van der Waals surface area (Å²) in [6.45, 7) is 3.82. The largest absolute Gasteiger partial charge is 0.348 e. The SMILES string of the molecule is CC[C@@H](NC(=O)CN(c1ccc(C23CC4CC(CC(C4)C2)C3)cc1)S(C)(=O)=O)c1ccc(C)cc1. The third kappa shape index (κ3) is 5.00. The molecule has 6 heteroatoms. The van der Waals surface area contributed by atoms with Gasteiger partial charge >= 0.3 is 0 Å². The highest BCUT2D eigenvalue weighted by atomic mass is 32.2. The third-order valence-corrected chi connectivity index (χ3v) is 9.86. The van der Waals surface area contributed by atoms with Gasteiger partial charge in [-0.3, -0.25) is 9.10 Å². The van der Waals surface area contributed by atoms with Gasteiger partial charge < -0.3 is 5.32 Å². The fourth-order valence-corrected chi connectivity index (χ4v) is 8.29. The van der Waals surface area contributed by atoms with Crippen molar-refractivity contribution in [2.75, 3.05) is 17.1 Å². The second kappa shape index (κ2) is 9.27. The number of benzene rings is 2. The lowest BCUT2D eigenvalue weighted by Crippen LogP contribution is -2.48. The van der Waals surface area contributed by atoms with Gasteiger partial charge in [-0.05, 0) is 98.3 Å².